The molecule has 0 spiro atoms. The molecule has 0 amide bonds. The van der Waals surface area contributed by atoms with Crippen LogP contribution in [-0.2, 0) is 34.5 Å². The van der Waals surface area contributed by atoms with Gasteiger partial charge in [0.05, 0.1) is 32.8 Å². The Morgan fingerprint density at radius 2 is 1.71 bits per heavy atom. The van der Waals surface area contributed by atoms with E-state index in [9.17, 15) is 9.59 Å². The number of carbonyl (C=O) groups excluding carboxylic acids is 2. The molecule has 1 saturated heterocycles. The molecule has 3 aromatic rings. The summed E-state index contributed by atoms with van der Waals surface area (Å²) in [5, 5.41) is 0. The van der Waals surface area contributed by atoms with Gasteiger partial charge >= 0.3 is 11.9 Å². The van der Waals surface area contributed by atoms with Crippen LogP contribution in [0.2, 0.25) is 25.7 Å². The van der Waals surface area contributed by atoms with E-state index in [2.05, 4.69) is 19.6 Å². The molecule has 58 heavy (non-hydrogen) atoms. The number of methoxy groups -OCH3 is 2. The van der Waals surface area contributed by atoms with Gasteiger partial charge < -0.3 is 42.1 Å². The zero-order valence-corrected chi connectivity index (χ0v) is 37.8. The van der Waals surface area contributed by atoms with Crippen LogP contribution in [0.4, 0.5) is 0 Å². The van der Waals surface area contributed by atoms with Crippen molar-refractivity contribution in [1.29, 1.82) is 1.28 Å². The van der Waals surface area contributed by atoms with Crippen LogP contribution in [0.5, 0.6) is 17.2 Å². The lowest BCUT2D eigenvalue weighted by Gasteiger charge is -2.25. The van der Waals surface area contributed by atoms with Gasteiger partial charge in [-0.2, -0.15) is 0 Å². The van der Waals surface area contributed by atoms with Crippen LogP contribution < -0.4 is 14.2 Å². The van der Waals surface area contributed by atoms with Gasteiger partial charge in [0.15, 0.2) is 12.6 Å². The van der Waals surface area contributed by atoms with Gasteiger partial charge in [-0.3, -0.25) is 0 Å². The standard InChI is InChI=1S/C44H59O11PSSi/c1-30(31(2)55-57-56)18-23-37(52-42(45)33-14-11-10-12-15-33)41-38(53-44(3,4)54-41)17-13-16-34-26-36(50-28-32-19-21-35(48-6)22-20-32)27-39(51-29-47-5)40(34)43(46)49-24-25-58(7,8)9/h10-16,18-23,26-27,30-31,37-38,41H,17,24-25,28-29,56H2,1-9H3/t30-,31+,37?,38+,41-/m1/s1/i56T/t30-,31+,37?,38+,41-,56?. The second-order valence-electron chi connectivity index (χ2n) is 15.7. The smallest absolute Gasteiger partial charge is 0.342 e. The van der Waals surface area contributed by atoms with Crippen molar-refractivity contribution in [3.63, 3.8) is 0 Å². The van der Waals surface area contributed by atoms with E-state index in [-0.39, 0.29) is 51.7 Å². The van der Waals surface area contributed by atoms with Crippen LogP contribution in [0.1, 0.15) is 66.0 Å². The number of benzene rings is 3. The van der Waals surface area contributed by atoms with Crippen molar-refractivity contribution in [2.45, 2.75) is 96.6 Å². The summed E-state index contributed by atoms with van der Waals surface area (Å²) in [6.45, 7) is 14.7. The van der Waals surface area contributed by atoms with Crippen molar-refractivity contribution in [3.05, 3.63) is 107 Å². The zero-order chi connectivity index (χ0) is 43.0. The van der Waals surface area contributed by atoms with Crippen LogP contribution in [0.15, 0.2) is 85.0 Å². The highest BCUT2D eigenvalue weighted by Crippen LogP contribution is 2.36. The minimum Gasteiger partial charge on any atom is -0.497 e. The summed E-state index contributed by atoms with van der Waals surface area (Å²) < 4.78 is 60.8. The molecule has 4 rings (SSSR count). The normalized spacial score (nSPS) is 18.6. The Morgan fingerprint density at radius 3 is 2.38 bits per heavy atom. The van der Waals surface area contributed by atoms with E-state index < -0.39 is 44.1 Å². The fraction of sp³-hybridized carbons (Fsp3) is 0.455. The quantitative estimate of drug-likeness (QED) is 0.0226. The van der Waals surface area contributed by atoms with E-state index in [0.29, 0.717) is 23.3 Å². The van der Waals surface area contributed by atoms with Crippen molar-refractivity contribution in [2.75, 3.05) is 27.6 Å². The molecular weight excluding hydrogens is 796 g/mol. The molecule has 0 saturated carbocycles. The van der Waals surface area contributed by atoms with Crippen molar-refractivity contribution in [2.24, 2.45) is 5.92 Å². The Labute approximate surface area is 352 Å². The number of ether oxygens (including phenoxy) is 8. The minimum absolute atomic E-state index is 0.0666. The highest BCUT2D eigenvalue weighted by atomic mass is 32.7. The molecule has 3 aromatic carbocycles. The first-order chi connectivity index (χ1) is 28.1. The van der Waals surface area contributed by atoms with E-state index in [4.69, 9.17) is 43.4 Å². The number of rotatable bonds is 23. The summed E-state index contributed by atoms with van der Waals surface area (Å²) in [5.74, 6) is -0.631. The van der Waals surface area contributed by atoms with E-state index in [1.165, 1.54) is 7.11 Å². The van der Waals surface area contributed by atoms with Crippen LogP contribution in [0, 0.1) is 5.92 Å². The van der Waals surface area contributed by atoms with Crippen molar-refractivity contribution in [3.8, 4) is 17.2 Å². The number of esters is 2. The summed E-state index contributed by atoms with van der Waals surface area (Å²) in [7, 11) is 1.48. The first kappa shape index (κ1) is 45.4. The molecular formula is C44H59O11PSSi. The summed E-state index contributed by atoms with van der Waals surface area (Å²) in [5.41, 5.74) is 2.07. The molecule has 316 valence electrons. The highest BCUT2D eigenvalue weighted by Gasteiger charge is 2.45. The van der Waals surface area contributed by atoms with Gasteiger partial charge in [-0.25, -0.2) is 9.59 Å². The highest BCUT2D eigenvalue weighted by molar-refractivity contribution is 8.40. The Balaban J connectivity index is 1.68. The van der Waals surface area contributed by atoms with Crippen molar-refractivity contribution >= 4 is 46.1 Å². The predicted molar refractivity (Wildman–Crippen MR) is 234 cm³/mol. The number of carbonyl (C=O) groups is 2. The second-order valence-corrected chi connectivity index (χ2v) is 22.1. The monoisotopic (exact) mass is 856 g/mol. The number of hydrogen-bond donors (Lipinski definition) is 0. The van der Waals surface area contributed by atoms with Gasteiger partial charge in [-0.1, -0.05) is 75.1 Å². The van der Waals surface area contributed by atoms with Crippen molar-refractivity contribution in [1.82, 2.24) is 0 Å². The third-order valence-corrected chi connectivity index (χ3v) is 11.7. The molecule has 0 bridgehead atoms. The molecule has 1 fully saturated rings. The molecule has 14 heteroatoms. The molecule has 6 atom stereocenters. The lowest BCUT2D eigenvalue weighted by molar-refractivity contribution is -0.152. The van der Waals surface area contributed by atoms with E-state index in [1.807, 2.05) is 82.3 Å². The van der Waals surface area contributed by atoms with Crippen LogP contribution in [-0.4, -0.2) is 79.1 Å². The molecule has 11 nitrogen and oxygen atoms in total. The first-order valence-corrected chi connectivity index (χ1v) is 25.0. The Bertz CT molecular complexity index is 1840. The molecule has 1 aliphatic heterocycles. The summed E-state index contributed by atoms with van der Waals surface area (Å²) in [6, 6.07) is 20.6. The molecule has 0 N–H and O–H groups in total. The Hall–Kier alpha value is -3.68. The van der Waals surface area contributed by atoms with Gasteiger partial charge in [-0.05, 0) is 89.2 Å². The average Bonchev–Trinajstić information content (AvgIpc) is 3.52. The Morgan fingerprint density at radius 1 is 0.966 bits per heavy atom. The molecule has 0 aliphatic carbocycles. The van der Waals surface area contributed by atoms with Gasteiger partial charge in [0.25, 0.3) is 0 Å². The number of hydrogen-bond acceptors (Lipinski definition) is 12. The maximum Gasteiger partial charge on any atom is 0.342 e. The summed E-state index contributed by atoms with van der Waals surface area (Å²) >= 11 is 1.10. The van der Waals surface area contributed by atoms with Crippen LogP contribution >= 0.6 is 20.0 Å². The van der Waals surface area contributed by atoms with E-state index in [0.717, 1.165) is 29.0 Å². The fourth-order valence-corrected chi connectivity index (χ4v) is 7.43. The third kappa shape index (κ3) is 14.9. The summed E-state index contributed by atoms with van der Waals surface area (Å²) in [6.07, 6.45) is 5.50. The average molecular weight is 857 g/mol. The predicted octanol–water partition coefficient (Wildman–Crippen LogP) is 9.94. The topological polar surface area (TPSA) is 117 Å². The van der Waals surface area contributed by atoms with Crippen LogP contribution in [0.3, 0.4) is 0 Å². The second kappa shape index (κ2) is 22.6. The largest absolute Gasteiger partial charge is 0.497 e. The van der Waals surface area contributed by atoms with Gasteiger partial charge in [0, 0.05) is 38.8 Å². The Kier molecular flexibility index (Phi) is 17.7. The molecule has 1 heterocycles. The van der Waals surface area contributed by atoms with Crippen LogP contribution in [0.25, 0.3) is 6.08 Å². The molecule has 2 unspecified atom stereocenters. The zero-order valence-electron chi connectivity index (χ0n) is 36.0. The molecule has 1 aliphatic rings. The lowest BCUT2D eigenvalue weighted by Crippen LogP contribution is -2.37. The van der Waals surface area contributed by atoms with Gasteiger partial charge in [0.1, 0.15) is 41.6 Å². The van der Waals surface area contributed by atoms with E-state index in [1.54, 1.807) is 43.5 Å². The maximum absolute atomic E-state index is 13.9. The maximum atomic E-state index is 13.9. The molecule has 0 radical (unpaired) electrons. The summed E-state index contributed by atoms with van der Waals surface area (Å²) in [4.78, 5) is 27.3. The third-order valence-electron chi connectivity index (χ3n) is 9.30. The first-order valence-electron chi connectivity index (χ1n) is 19.8. The fourth-order valence-electron chi connectivity index (χ4n) is 5.93. The SMILES string of the molecule is [3H]PSO[C@@H](C)[C@H](C)C=CC(OC(=O)c1ccccc1)[C@H]1OC(C)(C)O[C@H]1CC=Cc1cc(OCc2ccc(OC)cc2)cc(OCOC)c1C(=O)OCC[Si](C)(C)C. The lowest BCUT2D eigenvalue weighted by atomic mass is 9.99. The van der Waals surface area contributed by atoms with Gasteiger partial charge in [-0.15, -0.1) is 0 Å². The van der Waals surface area contributed by atoms with Gasteiger partial charge in [0.2, 0.25) is 0 Å². The molecule has 0 aromatic heterocycles. The van der Waals surface area contributed by atoms with E-state index >= 15 is 0 Å². The van der Waals surface area contributed by atoms with Crippen molar-refractivity contribution < 1.29 is 51.7 Å². The minimum atomic E-state index is -1.49.